The van der Waals surface area contributed by atoms with Gasteiger partial charge in [-0.1, -0.05) is 6.07 Å². The first-order chi connectivity index (χ1) is 12.1. The van der Waals surface area contributed by atoms with E-state index in [-0.39, 0.29) is 18.2 Å². The molecule has 5 nitrogen and oxygen atoms in total. The van der Waals surface area contributed by atoms with Crippen LogP contribution in [0.4, 0.5) is 10.1 Å². The van der Waals surface area contributed by atoms with Crippen molar-refractivity contribution in [1.29, 1.82) is 0 Å². The van der Waals surface area contributed by atoms with Crippen LogP contribution >= 0.6 is 0 Å². The van der Waals surface area contributed by atoms with Gasteiger partial charge in [-0.05, 0) is 55.8 Å². The number of nitrogens with zero attached hydrogens (tertiary/aromatic N) is 1. The van der Waals surface area contributed by atoms with E-state index < -0.39 is 11.7 Å². The molecule has 6 heteroatoms. The Labute approximate surface area is 147 Å². The number of nitrogens with one attached hydrogen (secondary N) is 2. The number of benzene rings is 1. The van der Waals surface area contributed by atoms with Crippen molar-refractivity contribution in [3.8, 4) is 0 Å². The highest BCUT2D eigenvalue weighted by Crippen LogP contribution is 2.34. The molecule has 3 aliphatic rings. The van der Waals surface area contributed by atoms with Gasteiger partial charge in [0, 0.05) is 31.2 Å². The van der Waals surface area contributed by atoms with Crippen molar-refractivity contribution in [2.24, 2.45) is 5.92 Å². The number of hydrogen-bond acceptors (Lipinski definition) is 3. The first-order valence-electron chi connectivity index (χ1n) is 9.21. The Morgan fingerprint density at radius 1 is 1.24 bits per heavy atom. The second kappa shape index (κ2) is 6.75. The average Bonchev–Trinajstić information content (AvgIpc) is 3.43. The summed E-state index contributed by atoms with van der Waals surface area (Å²) >= 11 is 0. The summed E-state index contributed by atoms with van der Waals surface area (Å²) in [5.41, 5.74) is 1.15. The number of hydrogen-bond donors (Lipinski definition) is 2. The predicted octanol–water partition coefficient (Wildman–Crippen LogP) is 2.24. The van der Waals surface area contributed by atoms with Crippen molar-refractivity contribution < 1.29 is 14.0 Å². The van der Waals surface area contributed by atoms with E-state index in [1.165, 1.54) is 25.0 Å². The summed E-state index contributed by atoms with van der Waals surface area (Å²) < 4.78 is 13.4. The molecule has 25 heavy (non-hydrogen) atoms. The van der Waals surface area contributed by atoms with Crippen LogP contribution in [0, 0.1) is 11.7 Å². The molecule has 2 aliphatic heterocycles. The van der Waals surface area contributed by atoms with Crippen LogP contribution < -0.4 is 10.6 Å². The molecule has 1 saturated heterocycles. The lowest BCUT2D eigenvalue weighted by Gasteiger charge is -2.36. The molecule has 134 valence electrons. The maximum absolute atomic E-state index is 13.4. The topological polar surface area (TPSA) is 61.4 Å². The highest BCUT2D eigenvalue weighted by Gasteiger charge is 2.35. The Hall–Kier alpha value is -1.95. The monoisotopic (exact) mass is 345 g/mol. The summed E-state index contributed by atoms with van der Waals surface area (Å²) in [5.74, 6) is -0.284. The fourth-order valence-corrected chi connectivity index (χ4v) is 3.84. The van der Waals surface area contributed by atoms with Crippen LogP contribution in [-0.4, -0.2) is 42.4 Å². The number of anilines is 1. The highest BCUT2D eigenvalue weighted by molar-refractivity contribution is 6.01. The molecule has 1 aromatic rings. The number of fused-ring (bicyclic) bond motifs is 1. The average molecular weight is 345 g/mol. The molecule has 1 atom stereocenters. The Morgan fingerprint density at radius 3 is 2.72 bits per heavy atom. The van der Waals surface area contributed by atoms with Gasteiger partial charge < -0.3 is 15.5 Å². The highest BCUT2D eigenvalue weighted by atomic mass is 19.1. The number of halogens is 1. The van der Waals surface area contributed by atoms with Gasteiger partial charge in [0.25, 0.3) is 0 Å². The predicted molar refractivity (Wildman–Crippen MR) is 92.7 cm³/mol. The van der Waals surface area contributed by atoms with Crippen LogP contribution in [0.5, 0.6) is 0 Å². The van der Waals surface area contributed by atoms with Crippen LogP contribution in [0.25, 0.3) is 0 Å². The molecule has 1 unspecified atom stereocenters. The van der Waals surface area contributed by atoms with Gasteiger partial charge in [-0.3, -0.25) is 9.59 Å². The van der Waals surface area contributed by atoms with Crippen molar-refractivity contribution >= 4 is 17.5 Å². The summed E-state index contributed by atoms with van der Waals surface area (Å²) in [4.78, 5) is 26.8. The van der Waals surface area contributed by atoms with Gasteiger partial charge in [-0.15, -0.1) is 0 Å². The number of likely N-dealkylation sites (tertiary alicyclic amines) is 1. The molecule has 1 aliphatic carbocycles. The number of carbonyl (C=O) groups excluding carboxylic acids is 2. The van der Waals surface area contributed by atoms with Crippen LogP contribution in [0.1, 0.15) is 43.6 Å². The van der Waals surface area contributed by atoms with E-state index in [1.54, 1.807) is 6.07 Å². The number of rotatable bonds is 4. The smallest absolute Gasteiger partial charge is 0.230 e. The summed E-state index contributed by atoms with van der Waals surface area (Å²) in [6, 6.07) is 4.75. The maximum Gasteiger partial charge on any atom is 0.230 e. The van der Waals surface area contributed by atoms with Crippen LogP contribution in [0.3, 0.4) is 0 Å². The molecule has 0 bridgehead atoms. The summed E-state index contributed by atoms with van der Waals surface area (Å²) in [7, 11) is 0. The van der Waals surface area contributed by atoms with Crippen molar-refractivity contribution in [2.75, 3.05) is 25.0 Å². The molecule has 2 heterocycles. The summed E-state index contributed by atoms with van der Waals surface area (Å²) in [6.07, 6.45) is 4.72. The van der Waals surface area contributed by atoms with Crippen molar-refractivity contribution in [3.05, 3.63) is 29.6 Å². The lowest BCUT2D eigenvalue weighted by Crippen LogP contribution is -2.47. The maximum atomic E-state index is 13.4. The Kier molecular flexibility index (Phi) is 4.46. The van der Waals surface area contributed by atoms with E-state index in [0.29, 0.717) is 11.7 Å². The second-order valence-corrected chi connectivity index (χ2v) is 7.49. The zero-order valence-electron chi connectivity index (χ0n) is 14.3. The molecule has 0 aromatic heterocycles. The normalized spacial score (nSPS) is 24.0. The quantitative estimate of drug-likeness (QED) is 0.880. The zero-order valence-corrected chi connectivity index (χ0v) is 14.3. The van der Waals surface area contributed by atoms with Gasteiger partial charge in [0.1, 0.15) is 5.82 Å². The van der Waals surface area contributed by atoms with Gasteiger partial charge in [-0.2, -0.15) is 0 Å². The lowest BCUT2D eigenvalue weighted by molar-refractivity contribution is -0.136. The molecule has 2 amide bonds. The standard InChI is InChI=1S/C19H24FN3O2/c20-13-3-4-15-16(10-18(24)22-17(15)9-13)19(25)23-7-5-14(6-8-23)21-11-12-1-2-12/h3-4,9,12,14,16,21H,1-2,5-8,10-11H2,(H,22,24). The van der Waals surface area contributed by atoms with Gasteiger partial charge >= 0.3 is 0 Å². The Bertz CT molecular complexity index is 681. The molecule has 1 aromatic carbocycles. The van der Waals surface area contributed by atoms with Crippen molar-refractivity contribution in [3.63, 3.8) is 0 Å². The summed E-state index contributed by atoms with van der Waals surface area (Å²) in [5, 5.41) is 6.28. The zero-order chi connectivity index (χ0) is 17.4. The summed E-state index contributed by atoms with van der Waals surface area (Å²) in [6.45, 7) is 2.53. The van der Waals surface area contributed by atoms with Crippen LogP contribution in [0.2, 0.25) is 0 Å². The van der Waals surface area contributed by atoms with Gasteiger partial charge in [0.15, 0.2) is 0 Å². The van der Waals surface area contributed by atoms with E-state index >= 15 is 0 Å². The van der Waals surface area contributed by atoms with E-state index in [1.807, 2.05) is 4.90 Å². The molecule has 2 fully saturated rings. The molecule has 0 radical (unpaired) electrons. The minimum atomic E-state index is -0.500. The molecule has 2 N–H and O–H groups in total. The van der Waals surface area contributed by atoms with Gasteiger partial charge in [0.05, 0.1) is 5.92 Å². The second-order valence-electron chi connectivity index (χ2n) is 7.49. The lowest BCUT2D eigenvalue weighted by atomic mass is 9.88. The number of carbonyl (C=O) groups is 2. The Balaban J connectivity index is 1.40. The third-order valence-corrected chi connectivity index (χ3v) is 5.55. The largest absolute Gasteiger partial charge is 0.342 e. The molecular formula is C19H24FN3O2. The van der Waals surface area contributed by atoms with E-state index in [2.05, 4.69) is 10.6 Å². The minimum absolute atomic E-state index is 0.0108. The van der Waals surface area contributed by atoms with Crippen molar-refractivity contribution in [1.82, 2.24) is 10.2 Å². The first kappa shape index (κ1) is 16.5. The fraction of sp³-hybridized carbons (Fsp3) is 0.579. The fourth-order valence-electron chi connectivity index (χ4n) is 3.84. The Morgan fingerprint density at radius 2 is 2.00 bits per heavy atom. The van der Waals surface area contributed by atoms with Gasteiger partial charge in [0.2, 0.25) is 11.8 Å². The van der Waals surface area contributed by atoms with Crippen LogP contribution in [-0.2, 0) is 9.59 Å². The number of amides is 2. The SMILES string of the molecule is O=C1CC(C(=O)N2CCC(NCC3CC3)CC2)c2ccc(F)cc2N1. The molecule has 1 saturated carbocycles. The van der Waals surface area contributed by atoms with Crippen molar-refractivity contribution in [2.45, 2.75) is 44.1 Å². The minimum Gasteiger partial charge on any atom is -0.342 e. The van der Waals surface area contributed by atoms with Crippen LogP contribution in [0.15, 0.2) is 18.2 Å². The first-order valence-corrected chi connectivity index (χ1v) is 9.21. The third-order valence-electron chi connectivity index (χ3n) is 5.55. The molecule has 0 spiro atoms. The van der Waals surface area contributed by atoms with E-state index in [9.17, 15) is 14.0 Å². The molecular weight excluding hydrogens is 321 g/mol. The third kappa shape index (κ3) is 3.68. The van der Waals surface area contributed by atoms with E-state index in [0.717, 1.165) is 44.0 Å². The molecule has 4 rings (SSSR count). The number of piperidine rings is 1. The van der Waals surface area contributed by atoms with E-state index in [4.69, 9.17) is 0 Å². The van der Waals surface area contributed by atoms with Gasteiger partial charge in [-0.25, -0.2) is 4.39 Å².